The minimum atomic E-state index is -2.97. The predicted molar refractivity (Wildman–Crippen MR) is 84.8 cm³/mol. The van der Waals surface area contributed by atoms with Crippen LogP contribution in [0.25, 0.3) is 0 Å². The number of carbonyl (C=O) groups is 1. The topological polar surface area (TPSA) is 83.7 Å². The molecular formula is C14H29N3O3S. The summed E-state index contributed by atoms with van der Waals surface area (Å²) in [6.07, 6.45) is 0.555. The van der Waals surface area contributed by atoms with Gasteiger partial charge in [0, 0.05) is 19.1 Å². The fourth-order valence-electron chi connectivity index (χ4n) is 2.83. The van der Waals surface area contributed by atoms with Gasteiger partial charge in [-0.15, -0.1) is 0 Å². The molecule has 0 aromatic carbocycles. The highest BCUT2D eigenvalue weighted by Crippen LogP contribution is 2.18. The second-order valence-electron chi connectivity index (χ2n) is 6.78. The van der Waals surface area contributed by atoms with Crippen LogP contribution in [-0.4, -0.2) is 74.9 Å². The van der Waals surface area contributed by atoms with Gasteiger partial charge in [0.15, 0.2) is 9.84 Å². The summed E-state index contributed by atoms with van der Waals surface area (Å²) in [7, 11) is -1.07. The number of amides is 1. The summed E-state index contributed by atoms with van der Waals surface area (Å²) < 4.78 is 23.1. The van der Waals surface area contributed by atoms with E-state index in [1.54, 1.807) is 4.90 Å². The Morgan fingerprint density at radius 3 is 2.43 bits per heavy atom. The number of hydrogen-bond acceptors (Lipinski definition) is 5. The van der Waals surface area contributed by atoms with Gasteiger partial charge in [-0.1, -0.05) is 13.8 Å². The maximum Gasteiger partial charge on any atom is 0.237 e. The molecule has 6 nitrogen and oxygen atoms in total. The summed E-state index contributed by atoms with van der Waals surface area (Å²) in [6, 6.07) is -0.164. The maximum absolute atomic E-state index is 12.4. The van der Waals surface area contributed by atoms with Crippen LogP contribution < -0.4 is 5.73 Å². The minimum absolute atomic E-state index is 0.00470. The Kier molecular flexibility index (Phi) is 6.19. The first kappa shape index (κ1) is 18.4. The van der Waals surface area contributed by atoms with Gasteiger partial charge >= 0.3 is 0 Å². The standard InChI is InChI=1S/C14H29N3O3S/c1-5-17(12-6-7-21(19,20)9-12)13(18)8-16(4)11-14(2,3)10-15/h12H,5-11,15H2,1-4H3. The Labute approximate surface area is 128 Å². The Morgan fingerprint density at radius 2 is 2.00 bits per heavy atom. The molecule has 2 N–H and O–H groups in total. The van der Waals surface area contributed by atoms with Crippen LogP contribution in [-0.2, 0) is 14.6 Å². The average Bonchev–Trinajstić information content (AvgIpc) is 2.69. The van der Waals surface area contributed by atoms with Crippen LogP contribution in [0.2, 0.25) is 0 Å². The van der Waals surface area contributed by atoms with Crippen LogP contribution in [0.15, 0.2) is 0 Å². The van der Waals surface area contributed by atoms with Crippen LogP contribution >= 0.6 is 0 Å². The summed E-state index contributed by atoms with van der Waals surface area (Å²) in [5.41, 5.74) is 5.67. The number of hydrogen-bond donors (Lipinski definition) is 1. The Bertz CT molecular complexity index is 462. The van der Waals surface area contributed by atoms with Gasteiger partial charge in [-0.3, -0.25) is 9.69 Å². The highest BCUT2D eigenvalue weighted by atomic mass is 32.2. The van der Waals surface area contributed by atoms with Crippen molar-refractivity contribution in [2.24, 2.45) is 11.1 Å². The number of sulfone groups is 1. The second kappa shape index (κ2) is 7.07. The first-order valence-electron chi connectivity index (χ1n) is 7.49. The van der Waals surface area contributed by atoms with Crippen molar-refractivity contribution < 1.29 is 13.2 Å². The van der Waals surface area contributed by atoms with Crippen LogP contribution in [0, 0.1) is 5.41 Å². The summed E-state index contributed by atoms with van der Waals surface area (Å²) in [4.78, 5) is 16.1. The van der Waals surface area contributed by atoms with E-state index in [4.69, 9.17) is 5.73 Å². The molecule has 1 rings (SSSR count). The molecule has 0 aromatic rings. The van der Waals surface area contributed by atoms with Gasteiger partial charge in [-0.05, 0) is 32.4 Å². The third-order valence-corrected chi connectivity index (χ3v) is 5.72. The molecule has 0 spiro atoms. The van der Waals surface area contributed by atoms with Gasteiger partial charge in [0.25, 0.3) is 0 Å². The minimum Gasteiger partial charge on any atom is -0.338 e. The lowest BCUT2D eigenvalue weighted by Crippen LogP contribution is -2.47. The molecule has 1 atom stereocenters. The molecular weight excluding hydrogens is 290 g/mol. The molecule has 1 fully saturated rings. The lowest BCUT2D eigenvalue weighted by molar-refractivity contribution is -0.134. The molecule has 1 aliphatic heterocycles. The predicted octanol–water partition coefficient (Wildman–Crippen LogP) is -0.0613. The van der Waals surface area contributed by atoms with Crippen molar-refractivity contribution in [3.8, 4) is 0 Å². The van der Waals surface area contributed by atoms with Crippen LogP contribution in [0.5, 0.6) is 0 Å². The molecule has 124 valence electrons. The number of carbonyl (C=O) groups excluding carboxylic acids is 1. The van der Waals surface area contributed by atoms with Crippen molar-refractivity contribution in [1.82, 2.24) is 9.80 Å². The third-order valence-electron chi connectivity index (χ3n) is 3.97. The number of nitrogens with two attached hydrogens (primary N) is 1. The van der Waals surface area contributed by atoms with Crippen molar-refractivity contribution in [2.45, 2.75) is 33.2 Å². The summed E-state index contributed by atoms with van der Waals surface area (Å²) >= 11 is 0. The fraction of sp³-hybridized carbons (Fsp3) is 0.929. The van der Waals surface area contributed by atoms with E-state index in [1.807, 2.05) is 18.9 Å². The first-order chi connectivity index (χ1) is 9.60. The molecule has 0 saturated carbocycles. The van der Waals surface area contributed by atoms with Crippen molar-refractivity contribution in [3.63, 3.8) is 0 Å². The SMILES string of the molecule is CCN(C(=O)CN(C)CC(C)(C)CN)C1CCS(=O)(=O)C1. The number of nitrogens with zero attached hydrogens (tertiary/aromatic N) is 2. The van der Waals surface area contributed by atoms with E-state index in [0.717, 1.165) is 6.54 Å². The van der Waals surface area contributed by atoms with Crippen molar-refractivity contribution in [3.05, 3.63) is 0 Å². The van der Waals surface area contributed by atoms with E-state index in [1.165, 1.54) is 0 Å². The van der Waals surface area contributed by atoms with Gasteiger partial charge in [0.1, 0.15) is 0 Å². The molecule has 0 bridgehead atoms. The van der Waals surface area contributed by atoms with Crippen LogP contribution in [0.4, 0.5) is 0 Å². The normalized spacial score (nSPS) is 21.7. The molecule has 0 aromatic heterocycles. The largest absolute Gasteiger partial charge is 0.338 e. The maximum atomic E-state index is 12.4. The lowest BCUT2D eigenvalue weighted by Gasteiger charge is -2.32. The van der Waals surface area contributed by atoms with Gasteiger partial charge in [-0.2, -0.15) is 0 Å². The van der Waals surface area contributed by atoms with Crippen LogP contribution in [0.3, 0.4) is 0 Å². The zero-order chi connectivity index (χ0) is 16.3. The zero-order valence-electron chi connectivity index (χ0n) is 13.6. The average molecular weight is 319 g/mol. The molecule has 0 radical (unpaired) electrons. The first-order valence-corrected chi connectivity index (χ1v) is 9.31. The summed E-state index contributed by atoms with van der Waals surface area (Å²) in [5.74, 6) is 0.289. The second-order valence-corrected chi connectivity index (χ2v) is 9.01. The van der Waals surface area contributed by atoms with Crippen molar-refractivity contribution in [2.75, 3.05) is 44.7 Å². The van der Waals surface area contributed by atoms with E-state index in [9.17, 15) is 13.2 Å². The van der Waals surface area contributed by atoms with Crippen molar-refractivity contribution >= 4 is 15.7 Å². The number of likely N-dealkylation sites (N-methyl/N-ethyl adjacent to an activating group) is 2. The molecule has 1 unspecified atom stereocenters. The smallest absolute Gasteiger partial charge is 0.237 e. The highest BCUT2D eigenvalue weighted by molar-refractivity contribution is 7.91. The fourth-order valence-corrected chi connectivity index (χ4v) is 4.56. The van der Waals surface area contributed by atoms with E-state index < -0.39 is 9.84 Å². The monoisotopic (exact) mass is 319 g/mol. The third kappa shape index (κ3) is 5.56. The highest BCUT2D eigenvalue weighted by Gasteiger charge is 2.34. The Balaban J connectivity index is 2.60. The zero-order valence-corrected chi connectivity index (χ0v) is 14.4. The summed E-state index contributed by atoms with van der Waals surface area (Å²) in [5, 5.41) is 0. The van der Waals surface area contributed by atoms with E-state index in [2.05, 4.69) is 13.8 Å². The molecule has 1 aliphatic rings. The van der Waals surface area contributed by atoms with E-state index in [0.29, 0.717) is 26.1 Å². The lowest BCUT2D eigenvalue weighted by atomic mass is 9.93. The van der Waals surface area contributed by atoms with Gasteiger partial charge < -0.3 is 10.6 Å². The Morgan fingerprint density at radius 1 is 1.38 bits per heavy atom. The molecule has 21 heavy (non-hydrogen) atoms. The molecule has 1 heterocycles. The van der Waals surface area contributed by atoms with Gasteiger partial charge in [0.2, 0.25) is 5.91 Å². The van der Waals surface area contributed by atoms with E-state index >= 15 is 0 Å². The van der Waals surface area contributed by atoms with Gasteiger partial charge in [0.05, 0.1) is 18.1 Å². The van der Waals surface area contributed by atoms with Gasteiger partial charge in [-0.25, -0.2) is 8.42 Å². The molecule has 7 heteroatoms. The van der Waals surface area contributed by atoms with Crippen LogP contribution in [0.1, 0.15) is 27.2 Å². The molecule has 0 aliphatic carbocycles. The van der Waals surface area contributed by atoms with Crippen molar-refractivity contribution in [1.29, 1.82) is 0 Å². The van der Waals surface area contributed by atoms with E-state index in [-0.39, 0.29) is 28.9 Å². The Hall–Kier alpha value is -0.660. The molecule has 1 amide bonds. The molecule has 1 saturated heterocycles. The summed E-state index contributed by atoms with van der Waals surface area (Å²) in [6.45, 7) is 8.16. The number of rotatable bonds is 7. The quantitative estimate of drug-likeness (QED) is 0.711.